The molecule has 0 aromatic rings. The summed E-state index contributed by atoms with van der Waals surface area (Å²) >= 11 is 0. The molecule has 2 heterocycles. The van der Waals surface area contributed by atoms with Gasteiger partial charge < -0.3 is 23.7 Å². The average molecular weight is 256 g/mol. The van der Waals surface area contributed by atoms with E-state index in [-0.39, 0.29) is 37.3 Å². The van der Waals surface area contributed by atoms with E-state index in [1.165, 1.54) is 0 Å². The van der Waals surface area contributed by atoms with Crippen LogP contribution in [0, 0.1) is 12.3 Å². The van der Waals surface area contributed by atoms with Crippen molar-refractivity contribution in [1.29, 1.82) is 0 Å². The molecule has 0 radical (unpaired) electrons. The maximum Gasteiger partial charge on any atom is 0.187 e. The molecular weight excluding hydrogens is 236 g/mol. The van der Waals surface area contributed by atoms with Gasteiger partial charge >= 0.3 is 0 Å². The fourth-order valence-electron chi connectivity index (χ4n) is 2.43. The van der Waals surface area contributed by atoms with Crippen molar-refractivity contribution in [1.82, 2.24) is 0 Å². The van der Waals surface area contributed by atoms with E-state index in [9.17, 15) is 0 Å². The molecule has 0 aliphatic carbocycles. The van der Waals surface area contributed by atoms with Crippen LogP contribution in [0.5, 0.6) is 0 Å². The summed E-state index contributed by atoms with van der Waals surface area (Å²) < 4.78 is 28.4. The summed E-state index contributed by atoms with van der Waals surface area (Å²) in [4.78, 5) is 0. The van der Waals surface area contributed by atoms with Crippen LogP contribution in [0.3, 0.4) is 0 Å². The molecular formula is C13H20O5. The molecule has 5 heteroatoms. The van der Waals surface area contributed by atoms with Crippen molar-refractivity contribution in [3.63, 3.8) is 0 Å². The second-order valence-electron chi connectivity index (χ2n) is 4.20. The minimum atomic E-state index is -0.364. The molecule has 2 aliphatic rings. The number of rotatable bonds is 6. The van der Waals surface area contributed by atoms with Gasteiger partial charge in [0, 0.05) is 13.2 Å². The Morgan fingerprint density at radius 3 is 2.50 bits per heavy atom. The highest BCUT2D eigenvalue weighted by Crippen LogP contribution is 2.33. The molecule has 0 aromatic carbocycles. The van der Waals surface area contributed by atoms with Crippen molar-refractivity contribution in [2.24, 2.45) is 0 Å². The molecule has 0 aromatic heterocycles. The smallest absolute Gasteiger partial charge is 0.187 e. The standard InChI is InChI=1S/C13H20O5/c1-4-7-16-10-9-8-17-13(18-9)12(15-6-3)11(10)14-5-2/h1,9-13H,5-8H2,2-3H3. The molecule has 0 saturated carbocycles. The van der Waals surface area contributed by atoms with Crippen LogP contribution in [0.25, 0.3) is 0 Å². The van der Waals surface area contributed by atoms with E-state index in [0.717, 1.165) is 0 Å². The van der Waals surface area contributed by atoms with Gasteiger partial charge in [-0.25, -0.2) is 0 Å². The molecule has 2 bridgehead atoms. The molecule has 2 saturated heterocycles. The zero-order valence-electron chi connectivity index (χ0n) is 10.8. The first-order valence-electron chi connectivity index (χ1n) is 6.37. The number of terminal acetylenes is 1. The molecule has 0 amide bonds. The molecule has 5 unspecified atom stereocenters. The fraction of sp³-hybridized carbons (Fsp3) is 0.846. The quantitative estimate of drug-likeness (QED) is 0.650. The summed E-state index contributed by atoms with van der Waals surface area (Å²) in [6, 6.07) is 0. The van der Waals surface area contributed by atoms with Crippen molar-refractivity contribution in [3.8, 4) is 12.3 Å². The molecule has 0 spiro atoms. The molecule has 2 rings (SSSR count). The topological polar surface area (TPSA) is 46.2 Å². The van der Waals surface area contributed by atoms with Gasteiger partial charge in [0.15, 0.2) is 6.29 Å². The molecule has 5 nitrogen and oxygen atoms in total. The maximum atomic E-state index is 5.76. The van der Waals surface area contributed by atoms with Crippen LogP contribution in [0.15, 0.2) is 0 Å². The first kappa shape index (κ1) is 13.8. The van der Waals surface area contributed by atoms with Crippen molar-refractivity contribution in [2.75, 3.05) is 26.4 Å². The molecule has 102 valence electrons. The summed E-state index contributed by atoms with van der Waals surface area (Å²) in [6.07, 6.45) is 4.04. The van der Waals surface area contributed by atoms with Crippen molar-refractivity contribution in [2.45, 2.75) is 44.6 Å². The Hall–Kier alpha value is -0.640. The highest BCUT2D eigenvalue weighted by Gasteiger charge is 2.52. The lowest BCUT2D eigenvalue weighted by atomic mass is 10.0. The van der Waals surface area contributed by atoms with E-state index in [0.29, 0.717) is 19.8 Å². The minimum absolute atomic E-state index is 0.128. The molecule has 0 N–H and O–H groups in total. The van der Waals surface area contributed by atoms with Gasteiger partial charge in [0.1, 0.15) is 31.0 Å². The van der Waals surface area contributed by atoms with Crippen LogP contribution in [-0.2, 0) is 23.7 Å². The SMILES string of the molecule is C#CCOC1C2COC(O2)C(OCC)C1OCC. The van der Waals surface area contributed by atoms with Gasteiger partial charge in [-0.2, -0.15) is 0 Å². The first-order valence-corrected chi connectivity index (χ1v) is 6.37. The summed E-state index contributed by atoms with van der Waals surface area (Å²) in [5.74, 6) is 2.47. The lowest BCUT2D eigenvalue weighted by Crippen LogP contribution is -2.57. The van der Waals surface area contributed by atoms with E-state index in [1.54, 1.807) is 0 Å². The van der Waals surface area contributed by atoms with Crippen LogP contribution in [0.2, 0.25) is 0 Å². The van der Waals surface area contributed by atoms with Gasteiger partial charge in [0.25, 0.3) is 0 Å². The summed E-state index contributed by atoms with van der Waals surface area (Å²) in [6.45, 7) is 5.76. The second kappa shape index (κ2) is 6.50. The van der Waals surface area contributed by atoms with Crippen molar-refractivity contribution in [3.05, 3.63) is 0 Å². The largest absolute Gasteiger partial charge is 0.373 e. The number of ether oxygens (including phenoxy) is 5. The lowest BCUT2D eigenvalue weighted by molar-refractivity contribution is -0.258. The van der Waals surface area contributed by atoms with Gasteiger partial charge in [0.05, 0.1) is 6.61 Å². The van der Waals surface area contributed by atoms with Crippen LogP contribution in [-0.4, -0.2) is 57.1 Å². The Bertz CT molecular complexity index is 300. The van der Waals surface area contributed by atoms with Crippen LogP contribution in [0.1, 0.15) is 13.8 Å². The summed E-state index contributed by atoms with van der Waals surface area (Å²) in [5.41, 5.74) is 0. The predicted octanol–water partition coefficient (Wildman–Crippen LogP) is 0.570. The van der Waals surface area contributed by atoms with E-state index in [1.807, 2.05) is 13.8 Å². The van der Waals surface area contributed by atoms with Crippen molar-refractivity contribution < 1.29 is 23.7 Å². The summed E-state index contributed by atoms with van der Waals surface area (Å²) in [7, 11) is 0. The second-order valence-corrected chi connectivity index (χ2v) is 4.20. The van der Waals surface area contributed by atoms with Gasteiger partial charge in [-0.3, -0.25) is 0 Å². The minimum Gasteiger partial charge on any atom is -0.373 e. The normalized spacial score (nSPS) is 38.6. The number of hydrogen-bond donors (Lipinski definition) is 0. The zero-order chi connectivity index (χ0) is 13.0. The highest BCUT2D eigenvalue weighted by molar-refractivity contribution is 4.97. The monoisotopic (exact) mass is 256 g/mol. The van der Waals surface area contributed by atoms with E-state index in [2.05, 4.69) is 5.92 Å². The number of fused-ring (bicyclic) bond motifs is 2. The zero-order valence-corrected chi connectivity index (χ0v) is 10.8. The Morgan fingerprint density at radius 1 is 1.11 bits per heavy atom. The third-order valence-electron chi connectivity index (χ3n) is 3.09. The van der Waals surface area contributed by atoms with E-state index >= 15 is 0 Å². The van der Waals surface area contributed by atoms with Crippen LogP contribution >= 0.6 is 0 Å². The summed E-state index contributed by atoms with van der Waals surface area (Å²) in [5, 5.41) is 0. The van der Waals surface area contributed by atoms with E-state index in [4.69, 9.17) is 30.1 Å². The lowest BCUT2D eigenvalue weighted by Gasteiger charge is -2.39. The highest BCUT2D eigenvalue weighted by atomic mass is 16.8. The number of hydrogen-bond acceptors (Lipinski definition) is 5. The van der Waals surface area contributed by atoms with Crippen LogP contribution < -0.4 is 0 Å². The average Bonchev–Trinajstić information content (AvgIpc) is 2.80. The van der Waals surface area contributed by atoms with Gasteiger partial charge in [-0.15, -0.1) is 6.42 Å². The van der Waals surface area contributed by atoms with E-state index < -0.39 is 0 Å². The Balaban J connectivity index is 2.11. The van der Waals surface area contributed by atoms with Crippen LogP contribution in [0.4, 0.5) is 0 Å². The Kier molecular flexibility index (Phi) is 4.98. The third kappa shape index (κ3) is 2.68. The first-order chi connectivity index (χ1) is 8.81. The predicted molar refractivity (Wildman–Crippen MR) is 64.0 cm³/mol. The van der Waals surface area contributed by atoms with Gasteiger partial charge in [-0.05, 0) is 13.8 Å². The maximum absolute atomic E-state index is 5.76. The van der Waals surface area contributed by atoms with Crippen molar-refractivity contribution >= 4 is 0 Å². The third-order valence-corrected chi connectivity index (χ3v) is 3.09. The Morgan fingerprint density at radius 2 is 1.83 bits per heavy atom. The molecule has 2 fully saturated rings. The molecule has 2 aliphatic heterocycles. The molecule has 5 atom stereocenters. The van der Waals surface area contributed by atoms with Gasteiger partial charge in [0.2, 0.25) is 0 Å². The molecule has 18 heavy (non-hydrogen) atoms. The van der Waals surface area contributed by atoms with Gasteiger partial charge in [-0.1, -0.05) is 5.92 Å². The Labute approximate surface area is 108 Å². The fourth-order valence-corrected chi connectivity index (χ4v) is 2.43.